The third kappa shape index (κ3) is 3.43. The summed E-state index contributed by atoms with van der Waals surface area (Å²) in [6, 6.07) is 2.38. The number of carbonyl (C=O) groups excluding carboxylic acids is 3. The van der Waals surface area contributed by atoms with Gasteiger partial charge >= 0.3 is 11.9 Å². The molecule has 1 aromatic heterocycles. The Morgan fingerprint density at radius 3 is 2.62 bits per heavy atom. The van der Waals surface area contributed by atoms with Crippen LogP contribution in [-0.2, 0) is 4.79 Å². The van der Waals surface area contributed by atoms with Gasteiger partial charge in [-0.2, -0.15) is 4.99 Å². The highest BCUT2D eigenvalue weighted by Gasteiger charge is 2.37. The van der Waals surface area contributed by atoms with Crippen molar-refractivity contribution in [3.63, 3.8) is 0 Å². The van der Waals surface area contributed by atoms with Crippen LogP contribution in [0.2, 0.25) is 0 Å². The second-order valence-corrected chi connectivity index (χ2v) is 5.86. The molecule has 24 heavy (non-hydrogen) atoms. The average molecular weight is 349 g/mol. The number of thioether (sulfide) groups is 1. The first-order valence-electron chi connectivity index (χ1n) is 6.89. The number of urea groups is 1. The van der Waals surface area contributed by atoms with Gasteiger partial charge in [0.15, 0.2) is 22.5 Å². The fraction of sp³-hybridized carbons (Fsp3) is 0.286. The molecule has 0 unspecified atom stereocenters. The van der Waals surface area contributed by atoms with Gasteiger partial charge in [0.25, 0.3) is 5.91 Å². The second kappa shape index (κ2) is 7.21. The number of nitrogens with one attached hydrogen (secondary N) is 1. The predicted octanol–water partition coefficient (Wildman–Crippen LogP) is 1.47. The third-order valence-electron chi connectivity index (χ3n) is 3.05. The van der Waals surface area contributed by atoms with E-state index < -0.39 is 17.8 Å². The minimum Gasteiger partial charge on any atom is -0.459 e. The van der Waals surface area contributed by atoms with E-state index in [0.29, 0.717) is 5.75 Å². The van der Waals surface area contributed by atoms with Crippen molar-refractivity contribution in [2.24, 2.45) is 9.98 Å². The molecule has 2 heterocycles. The summed E-state index contributed by atoms with van der Waals surface area (Å²) in [6.07, 6.45) is 1.34. The molecule has 1 aliphatic rings. The van der Waals surface area contributed by atoms with Crippen molar-refractivity contribution in [2.45, 2.75) is 6.92 Å². The highest BCUT2D eigenvalue weighted by molar-refractivity contribution is 8.13. The maximum Gasteiger partial charge on any atom is 0.332 e. The molecule has 1 saturated heterocycles. The summed E-state index contributed by atoms with van der Waals surface area (Å²) in [6.45, 7) is 1.83. The molecule has 0 saturated carbocycles. The largest absolute Gasteiger partial charge is 0.459 e. The van der Waals surface area contributed by atoms with Crippen molar-refractivity contribution in [1.29, 1.82) is 5.41 Å². The van der Waals surface area contributed by atoms with Crippen LogP contribution in [0.3, 0.4) is 0 Å². The average Bonchev–Trinajstić information content (AvgIpc) is 3.10. The van der Waals surface area contributed by atoms with Gasteiger partial charge in [-0.25, -0.2) is 9.79 Å². The molecule has 126 valence electrons. The first-order valence-corrected chi connectivity index (χ1v) is 7.88. The number of hydrogen-bond donors (Lipinski definition) is 1. The van der Waals surface area contributed by atoms with Gasteiger partial charge in [-0.1, -0.05) is 18.7 Å². The Balaban J connectivity index is 2.39. The molecule has 0 aliphatic carbocycles. The number of hydrogen-bond acceptors (Lipinski definition) is 6. The standard InChI is InChI=1S/C14H15N5O4S/c1-4-24-13(17-11(20)8-6-5-7-23-8)16-9-10(15)18(2)14(22)19(3)12(9)21/h5-7,15H,4H2,1-3H3/b15-10?,16-9+,17-13?. The summed E-state index contributed by atoms with van der Waals surface area (Å²) in [5.74, 6) is -1.13. The first kappa shape index (κ1) is 17.6. The monoisotopic (exact) mass is 349 g/mol. The fourth-order valence-electron chi connectivity index (χ4n) is 1.78. The van der Waals surface area contributed by atoms with E-state index >= 15 is 0 Å². The summed E-state index contributed by atoms with van der Waals surface area (Å²) in [7, 11) is 2.65. The summed E-state index contributed by atoms with van der Waals surface area (Å²) in [5, 5.41) is 7.93. The Morgan fingerprint density at radius 2 is 2.04 bits per heavy atom. The Kier molecular flexibility index (Phi) is 5.29. The van der Waals surface area contributed by atoms with E-state index in [9.17, 15) is 14.4 Å². The van der Waals surface area contributed by atoms with Gasteiger partial charge in [0.1, 0.15) is 0 Å². The fourth-order valence-corrected chi connectivity index (χ4v) is 2.35. The van der Waals surface area contributed by atoms with Crippen LogP contribution in [0.1, 0.15) is 17.5 Å². The topological polar surface area (TPSA) is 119 Å². The van der Waals surface area contributed by atoms with Crippen molar-refractivity contribution in [2.75, 3.05) is 19.8 Å². The van der Waals surface area contributed by atoms with E-state index in [4.69, 9.17) is 9.83 Å². The van der Waals surface area contributed by atoms with Gasteiger partial charge in [-0.05, 0) is 17.9 Å². The normalized spacial score (nSPS) is 17.9. The molecule has 0 atom stereocenters. The van der Waals surface area contributed by atoms with Gasteiger partial charge in [0, 0.05) is 14.1 Å². The number of rotatable bonds is 2. The highest BCUT2D eigenvalue weighted by atomic mass is 32.2. The lowest BCUT2D eigenvalue weighted by molar-refractivity contribution is -0.120. The summed E-state index contributed by atoms with van der Waals surface area (Å²) >= 11 is 1.13. The minimum absolute atomic E-state index is 0.0168. The lowest BCUT2D eigenvalue weighted by Crippen LogP contribution is -2.57. The molecule has 1 N–H and O–H groups in total. The number of amides is 4. The Hall–Kier alpha value is -2.75. The lowest BCUT2D eigenvalue weighted by atomic mass is 10.2. The number of amidine groups is 2. The van der Waals surface area contributed by atoms with E-state index in [2.05, 4.69) is 9.98 Å². The molecule has 0 spiro atoms. The number of carbonyl (C=O) groups is 3. The van der Waals surface area contributed by atoms with Crippen LogP contribution in [0.25, 0.3) is 0 Å². The zero-order valence-electron chi connectivity index (χ0n) is 13.3. The van der Waals surface area contributed by atoms with E-state index in [1.54, 1.807) is 6.07 Å². The van der Waals surface area contributed by atoms with Crippen molar-refractivity contribution in [1.82, 2.24) is 9.80 Å². The maximum absolute atomic E-state index is 12.2. The summed E-state index contributed by atoms with van der Waals surface area (Å²) in [4.78, 5) is 45.6. The molecule has 0 radical (unpaired) electrons. The third-order valence-corrected chi connectivity index (χ3v) is 3.78. The Labute approximate surface area is 141 Å². The molecule has 10 heteroatoms. The first-order chi connectivity index (χ1) is 11.4. The summed E-state index contributed by atoms with van der Waals surface area (Å²) < 4.78 is 4.97. The molecule has 0 bridgehead atoms. The van der Waals surface area contributed by atoms with Crippen molar-refractivity contribution in [3.8, 4) is 0 Å². The van der Waals surface area contributed by atoms with E-state index in [0.717, 1.165) is 21.6 Å². The molecule has 1 fully saturated rings. The van der Waals surface area contributed by atoms with Crippen LogP contribution < -0.4 is 0 Å². The molecular formula is C14H15N5O4S. The molecule has 1 aliphatic heterocycles. The molecule has 4 amide bonds. The van der Waals surface area contributed by atoms with E-state index in [1.807, 2.05) is 6.92 Å². The quantitative estimate of drug-likeness (QED) is 0.640. The van der Waals surface area contributed by atoms with Crippen LogP contribution in [-0.4, -0.2) is 64.2 Å². The van der Waals surface area contributed by atoms with Crippen LogP contribution in [0, 0.1) is 5.41 Å². The zero-order chi connectivity index (χ0) is 17.9. The SMILES string of the molecule is CCSC(=NC(=O)c1ccco1)/N=C1\C(=N)N(C)C(=O)N(C)C1=O. The molecule has 1 aromatic rings. The van der Waals surface area contributed by atoms with Crippen molar-refractivity contribution >= 4 is 46.3 Å². The number of nitrogens with zero attached hydrogens (tertiary/aromatic N) is 4. The Morgan fingerprint density at radius 1 is 1.33 bits per heavy atom. The highest BCUT2D eigenvalue weighted by Crippen LogP contribution is 2.13. The van der Waals surface area contributed by atoms with E-state index in [-0.39, 0.29) is 22.5 Å². The maximum atomic E-state index is 12.2. The molecular weight excluding hydrogens is 334 g/mol. The van der Waals surface area contributed by atoms with Gasteiger partial charge in [-0.15, -0.1) is 0 Å². The zero-order valence-corrected chi connectivity index (χ0v) is 14.1. The molecule has 2 rings (SSSR count). The van der Waals surface area contributed by atoms with Crippen LogP contribution >= 0.6 is 11.8 Å². The predicted molar refractivity (Wildman–Crippen MR) is 89.7 cm³/mol. The van der Waals surface area contributed by atoms with Crippen LogP contribution in [0.4, 0.5) is 4.79 Å². The minimum atomic E-state index is -0.724. The van der Waals surface area contributed by atoms with Gasteiger partial charge in [0.05, 0.1) is 6.26 Å². The van der Waals surface area contributed by atoms with Crippen LogP contribution in [0.5, 0.6) is 0 Å². The van der Waals surface area contributed by atoms with Gasteiger partial charge in [-0.3, -0.25) is 24.8 Å². The lowest BCUT2D eigenvalue weighted by Gasteiger charge is -2.29. The van der Waals surface area contributed by atoms with Crippen LogP contribution in [0.15, 0.2) is 32.8 Å². The van der Waals surface area contributed by atoms with Crippen molar-refractivity contribution in [3.05, 3.63) is 24.2 Å². The molecule has 9 nitrogen and oxygen atoms in total. The van der Waals surface area contributed by atoms with Gasteiger partial charge in [0.2, 0.25) is 0 Å². The summed E-state index contributed by atoms with van der Waals surface area (Å²) in [5.41, 5.74) is -0.258. The van der Waals surface area contributed by atoms with E-state index in [1.165, 1.54) is 26.4 Å². The second-order valence-electron chi connectivity index (χ2n) is 4.62. The van der Waals surface area contributed by atoms with Gasteiger partial charge < -0.3 is 4.42 Å². The Bertz CT molecular complexity index is 727. The molecule has 0 aromatic carbocycles. The van der Waals surface area contributed by atoms with Crippen molar-refractivity contribution < 1.29 is 18.8 Å². The number of furan rings is 1. The number of imide groups is 1. The smallest absolute Gasteiger partial charge is 0.332 e. The number of aliphatic imine (C=N–C) groups is 2.